The Hall–Kier alpha value is -1.32. The van der Waals surface area contributed by atoms with Crippen molar-refractivity contribution < 1.29 is 55.8 Å². The Labute approximate surface area is 213 Å². The molecule has 2 radical (unpaired) electrons. The van der Waals surface area contributed by atoms with Gasteiger partial charge in [-0.2, -0.15) is 0 Å². The maximum absolute atomic E-state index is 10.6. The van der Waals surface area contributed by atoms with E-state index in [1.807, 2.05) is 19.9 Å². The van der Waals surface area contributed by atoms with Crippen LogP contribution in [0.1, 0.15) is 21.5 Å². The van der Waals surface area contributed by atoms with E-state index in [2.05, 4.69) is 67.7 Å². The summed E-state index contributed by atoms with van der Waals surface area (Å²) in [6.45, 7) is 8.14. The summed E-state index contributed by atoms with van der Waals surface area (Å²) in [4.78, 5) is 10.6. The van der Waals surface area contributed by atoms with Crippen LogP contribution in [-0.2, 0) is 26.2 Å². The predicted molar refractivity (Wildman–Crippen MR) is 119 cm³/mol. The van der Waals surface area contributed by atoms with Crippen molar-refractivity contribution >= 4 is 37.0 Å². The number of nitrogens with one attached hydrogen (secondary N) is 1. The second kappa shape index (κ2) is 15.5. The Morgan fingerprint density at radius 1 is 0.800 bits per heavy atom. The number of hydrogen-bond donors (Lipinski definition) is 0. The summed E-state index contributed by atoms with van der Waals surface area (Å²) >= 11 is 0. The zero-order chi connectivity index (χ0) is 19.8. The molecular formula is C24H25Cl2NOSiZr. The molecule has 0 saturated carbocycles. The van der Waals surface area contributed by atoms with Gasteiger partial charge in [-0.15, -0.1) is 39.7 Å². The van der Waals surface area contributed by atoms with Crippen LogP contribution in [-0.4, -0.2) is 15.4 Å². The van der Waals surface area contributed by atoms with E-state index in [1.54, 1.807) is 12.1 Å². The summed E-state index contributed by atoms with van der Waals surface area (Å²) in [5.41, 5.74) is 9.40. The molecule has 30 heavy (non-hydrogen) atoms. The van der Waals surface area contributed by atoms with Crippen LogP contribution in [0.3, 0.4) is 0 Å². The molecule has 4 aromatic rings. The predicted octanol–water partition coefficient (Wildman–Crippen LogP) is 1.00. The van der Waals surface area contributed by atoms with Gasteiger partial charge in [-0.1, -0.05) is 78.8 Å². The summed E-state index contributed by atoms with van der Waals surface area (Å²) in [5, 5.41) is 5.39. The van der Waals surface area contributed by atoms with E-state index >= 15 is 0 Å². The van der Waals surface area contributed by atoms with Crippen molar-refractivity contribution in [3.8, 4) is 0 Å². The third-order valence-electron chi connectivity index (χ3n) is 4.01. The van der Waals surface area contributed by atoms with Crippen molar-refractivity contribution in [1.82, 2.24) is 0 Å². The number of aryl methyl sites for hydroxylation is 2. The van der Waals surface area contributed by atoms with Gasteiger partial charge in [-0.3, -0.25) is 0 Å². The summed E-state index contributed by atoms with van der Waals surface area (Å²) in [6, 6.07) is 24.7. The number of halogens is 2. The van der Waals surface area contributed by atoms with E-state index in [0.717, 1.165) is 20.6 Å². The molecule has 0 aliphatic carbocycles. The van der Waals surface area contributed by atoms with E-state index in [9.17, 15) is 4.79 Å². The SMILES string of the molecule is C[Si]C.Cc1cc(C)cc(C([NH-])=O)c1.[Cl-].[Cl-].[Zr+4].c1ccc2c(c1)[cH-]c1ccccc12. The smallest absolute Gasteiger partial charge is 1.00 e. The summed E-state index contributed by atoms with van der Waals surface area (Å²) in [6.07, 6.45) is 0. The van der Waals surface area contributed by atoms with Gasteiger partial charge in [0.05, 0.1) is 5.91 Å². The zero-order valence-electron chi connectivity index (χ0n) is 17.6. The Kier molecular flexibility index (Phi) is 15.9. The normalized spacial score (nSPS) is 8.93. The van der Waals surface area contributed by atoms with Gasteiger partial charge in [-0.05, 0) is 19.4 Å². The number of hydrogen-bond acceptors (Lipinski definition) is 1. The Balaban J connectivity index is 0. The van der Waals surface area contributed by atoms with Gasteiger partial charge in [0, 0.05) is 9.52 Å². The van der Waals surface area contributed by atoms with E-state index in [-0.39, 0.29) is 51.0 Å². The van der Waals surface area contributed by atoms with Gasteiger partial charge in [0.15, 0.2) is 0 Å². The van der Waals surface area contributed by atoms with Crippen LogP contribution in [0, 0.1) is 13.8 Å². The van der Waals surface area contributed by atoms with Gasteiger partial charge >= 0.3 is 26.2 Å². The molecule has 2 nitrogen and oxygen atoms in total. The first kappa shape index (κ1) is 30.9. The average molecular weight is 534 g/mol. The van der Waals surface area contributed by atoms with Crippen molar-refractivity contribution in [1.29, 1.82) is 0 Å². The van der Waals surface area contributed by atoms with Crippen LogP contribution in [0.2, 0.25) is 13.1 Å². The van der Waals surface area contributed by atoms with Gasteiger partial charge in [0.1, 0.15) is 0 Å². The van der Waals surface area contributed by atoms with Crippen LogP contribution < -0.4 is 24.8 Å². The monoisotopic (exact) mass is 531 g/mol. The number of benzene rings is 3. The first-order chi connectivity index (χ1) is 13.0. The zero-order valence-corrected chi connectivity index (χ0v) is 22.6. The van der Waals surface area contributed by atoms with E-state index in [0.29, 0.717) is 5.56 Å². The maximum atomic E-state index is 10.6. The quantitative estimate of drug-likeness (QED) is 0.266. The molecule has 154 valence electrons. The topological polar surface area (TPSA) is 40.9 Å². The van der Waals surface area contributed by atoms with Crippen LogP contribution in [0.15, 0.2) is 72.8 Å². The fraction of sp³-hybridized carbons (Fsp3) is 0.167. The van der Waals surface area contributed by atoms with E-state index < -0.39 is 5.91 Å². The van der Waals surface area contributed by atoms with Crippen LogP contribution in [0.4, 0.5) is 0 Å². The number of amides is 1. The van der Waals surface area contributed by atoms with Gasteiger partial charge in [0.2, 0.25) is 0 Å². The third kappa shape index (κ3) is 8.81. The molecule has 0 atom stereocenters. The molecule has 0 aliphatic heterocycles. The van der Waals surface area contributed by atoms with Crippen LogP contribution >= 0.6 is 0 Å². The minimum atomic E-state index is -0.614. The van der Waals surface area contributed by atoms with Gasteiger partial charge < -0.3 is 35.3 Å². The molecule has 1 N–H and O–H groups in total. The standard InChI is InChI=1S/C13H9.C9H11NO.C2H6Si.2ClH.Zr/c1-3-7-12-10(5-1)9-11-6-2-4-8-13(11)12;1-6-3-7(2)5-8(4-6)9(10)11;1-3-2;;;/h1-9H;3-5H,1-2H3,(H2,10,11);1-2H3;2*1H;/q-1;;;;;+4/p-3. The number of carbonyl (C=O) groups excluding carboxylic acids is 1. The van der Waals surface area contributed by atoms with Crippen molar-refractivity contribution in [3.05, 3.63) is 95.2 Å². The molecular weight excluding hydrogens is 508 g/mol. The summed E-state index contributed by atoms with van der Waals surface area (Å²) in [7, 11) is 1.08. The second-order valence-electron chi connectivity index (χ2n) is 6.52. The van der Waals surface area contributed by atoms with Crippen molar-refractivity contribution in [2.45, 2.75) is 26.9 Å². The molecule has 0 aromatic heterocycles. The maximum Gasteiger partial charge on any atom is 4.00 e. The molecule has 0 aliphatic rings. The largest absolute Gasteiger partial charge is 4.00 e. The Morgan fingerprint density at radius 2 is 1.17 bits per heavy atom. The van der Waals surface area contributed by atoms with Crippen molar-refractivity contribution in [2.24, 2.45) is 0 Å². The summed E-state index contributed by atoms with van der Waals surface area (Å²) in [5.74, 6) is -0.614. The van der Waals surface area contributed by atoms with E-state index in [4.69, 9.17) is 5.73 Å². The number of rotatable bonds is 1. The third-order valence-corrected chi connectivity index (χ3v) is 4.01. The average Bonchev–Trinajstić information content (AvgIpc) is 3.01. The van der Waals surface area contributed by atoms with Crippen LogP contribution in [0.25, 0.3) is 27.3 Å². The molecule has 0 saturated heterocycles. The first-order valence-corrected chi connectivity index (χ1v) is 10.9. The fourth-order valence-corrected chi connectivity index (χ4v) is 3.01. The molecule has 0 fully saturated rings. The van der Waals surface area contributed by atoms with Crippen LogP contribution in [0.5, 0.6) is 0 Å². The Bertz CT molecular complexity index is 979. The number of carbonyl (C=O) groups is 1. The summed E-state index contributed by atoms with van der Waals surface area (Å²) < 4.78 is 0. The fourth-order valence-electron chi connectivity index (χ4n) is 3.01. The second-order valence-corrected chi connectivity index (χ2v) is 7.52. The molecule has 1 amide bonds. The molecule has 0 bridgehead atoms. The van der Waals surface area contributed by atoms with E-state index in [1.165, 1.54) is 21.5 Å². The first-order valence-electron chi connectivity index (χ1n) is 8.92. The van der Waals surface area contributed by atoms with Gasteiger partial charge in [0.25, 0.3) is 0 Å². The van der Waals surface area contributed by atoms with Crippen molar-refractivity contribution in [2.75, 3.05) is 0 Å². The molecule has 4 aromatic carbocycles. The Morgan fingerprint density at radius 3 is 1.53 bits per heavy atom. The minimum Gasteiger partial charge on any atom is -1.00 e. The minimum absolute atomic E-state index is 0. The van der Waals surface area contributed by atoms with Crippen molar-refractivity contribution in [3.63, 3.8) is 0 Å². The molecule has 0 spiro atoms. The molecule has 4 rings (SSSR count). The molecule has 0 unspecified atom stereocenters. The number of fused-ring (bicyclic) bond motifs is 3. The van der Waals surface area contributed by atoms with Gasteiger partial charge in [-0.25, -0.2) is 0 Å². The molecule has 6 heteroatoms. The molecule has 0 heterocycles.